The second-order valence-corrected chi connectivity index (χ2v) is 17.7. The summed E-state index contributed by atoms with van der Waals surface area (Å²) in [6, 6.07) is 0.198. The van der Waals surface area contributed by atoms with Crippen LogP contribution < -0.4 is 5.73 Å². The first-order chi connectivity index (χ1) is 18.1. The van der Waals surface area contributed by atoms with E-state index >= 15 is 0 Å². The number of hydrogen-bond donors (Lipinski definition) is 1. The lowest BCUT2D eigenvalue weighted by Gasteiger charge is -2.70. The van der Waals surface area contributed by atoms with E-state index in [0.29, 0.717) is 11.7 Å². The van der Waals surface area contributed by atoms with Gasteiger partial charge in [-0.2, -0.15) is 0 Å². The van der Waals surface area contributed by atoms with Crippen LogP contribution in [-0.2, 0) is 14.4 Å². The van der Waals surface area contributed by atoms with Crippen molar-refractivity contribution in [3.63, 3.8) is 0 Å². The zero-order chi connectivity index (χ0) is 29.9. The maximum absolute atomic E-state index is 14.5. The van der Waals surface area contributed by atoms with Crippen LogP contribution in [0.1, 0.15) is 127 Å². The van der Waals surface area contributed by atoms with Crippen LogP contribution in [-0.4, -0.2) is 35.4 Å². The number of fused-ring (bicyclic) bond motifs is 7. The van der Waals surface area contributed by atoms with E-state index < -0.39 is 11.0 Å². The summed E-state index contributed by atoms with van der Waals surface area (Å²) in [6.07, 6.45) is 11.3. The maximum atomic E-state index is 14.5. The van der Waals surface area contributed by atoms with E-state index in [1.54, 1.807) is 7.05 Å². The summed E-state index contributed by atoms with van der Waals surface area (Å²) in [4.78, 5) is 34.4. The lowest BCUT2D eigenvalue weighted by molar-refractivity contribution is -0.228. The van der Waals surface area contributed by atoms with Crippen LogP contribution >= 0.6 is 0 Å². The molecule has 40 heavy (non-hydrogen) atoms. The van der Waals surface area contributed by atoms with Crippen LogP contribution in [0, 0.1) is 50.2 Å². The Bertz CT molecular complexity index is 1120. The molecule has 0 aliphatic heterocycles. The number of nitrogens with zero attached hydrogens (tertiary/aromatic N) is 1. The minimum absolute atomic E-state index is 0.0285. The lowest BCUT2D eigenvalue weighted by atomic mass is 9.33. The molecule has 0 radical (unpaired) electrons. The largest absolute Gasteiger partial charge is 0.327 e. The zero-order valence-corrected chi connectivity index (χ0v) is 27.5. The Hall–Kier alpha value is -1.20. The van der Waals surface area contributed by atoms with Crippen molar-refractivity contribution in [2.45, 2.75) is 139 Å². The van der Waals surface area contributed by atoms with Crippen molar-refractivity contribution in [3.8, 4) is 0 Å². The highest BCUT2D eigenvalue weighted by molar-refractivity contribution is 5.95. The van der Waals surface area contributed by atoms with Gasteiger partial charge in [-0.15, -0.1) is 0 Å². The summed E-state index contributed by atoms with van der Waals surface area (Å²) in [6.45, 7) is 22.6. The standard InChI is InChI=1S/C35H58N2O3/c1-29(2,3)40-37(11)28(39)32(7)17-16-31(6)18-19-34(9)22(23(31)21-32)20-24(38)27-33(8)14-13-26(36)30(4,5)25(33)12-15-35(27,34)10/h20,23,25-27H,12-19,21,36H2,1-11H3/t23-,25?,26-,27+,31+,32-,33-,34+,35+/m0/s1. The normalized spacial score (nSPS) is 48.2. The molecule has 1 unspecified atom stereocenters. The Morgan fingerprint density at radius 2 is 1.57 bits per heavy atom. The summed E-state index contributed by atoms with van der Waals surface area (Å²) in [5, 5.41) is 1.49. The van der Waals surface area contributed by atoms with Gasteiger partial charge in [0.2, 0.25) is 0 Å². The third kappa shape index (κ3) is 4.06. The smallest absolute Gasteiger partial charge is 0.251 e. The highest BCUT2D eigenvalue weighted by atomic mass is 16.7. The molecule has 0 heterocycles. The number of amides is 1. The Balaban J connectivity index is 1.54. The van der Waals surface area contributed by atoms with Crippen LogP contribution in [0.25, 0.3) is 0 Å². The molecule has 9 atom stereocenters. The molecule has 5 nitrogen and oxygen atoms in total. The summed E-state index contributed by atoms with van der Waals surface area (Å²) < 4.78 is 0. The van der Waals surface area contributed by atoms with E-state index in [4.69, 9.17) is 10.6 Å². The third-order valence-electron chi connectivity index (χ3n) is 13.9. The molecule has 226 valence electrons. The first-order valence-electron chi connectivity index (χ1n) is 16.1. The molecule has 0 spiro atoms. The molecule has 0 bridgehead atoms. The molecule has 0 aromatic heterocycles. The van der Waals surface area contributed by atoms with Gasteiger partial charge in [-0.1, -0.05) is 54.0 Å². The predicted molar refractivity (Wildman–Crippen MR) is 161 cm³/mol. The number of nitrogens with two attached hydrogens (primary N) is 1. The van der Waals surface area contributed by atoms with E-state index in [9.17, 15) is 9.59 Å². The van der Waals surface area contributed by atoms with Gasteiger partial charge in [0.25, 0.3) is 5.91 Å². The van der Waals surface area contributed by atoms with Gasteiger partial charge in [0.05, 0.1) is 5.60 Å². The van der Waals surface area contributed by atoms with Crippen LogP contribution in [0.15, 0.2) is 11.6 Å². The van der Waals surface area contributed by atoms with E-state index in [1.165, 1.54) is 10.6 Å². The molecule has 5 aliphatic rings. The molecule has 5 rings (SSSR count). The Labute approximate surface area is 244 Å². The van der Waals surface area contributed by atoms with E-state index in [-0.39, 0.29) is 50.9 Å². The summed E-state index contributed by atoms with van der Waals surface area (Å²) >= 11 is 0. The monoisotopic (exact) mass is 554 g/mol. The van der Waals surface area contributed by atoms with E-state index in [1.807, 2.05) is 20.8 Å². The van der Waals surface area contributed by atoms with Gasteiger partial charge in [-0.05, 0) is 124 Å². The molecular weight excluding hydrogens is 496 g/mol. The molecule has 1 amide bonds. The molecule has 0 saturated heterocycles. The molecule has 0 aromatic carbocycles. The van der Waals surface area contributed by atoms with Gasteiger partial charge < -0.3 is 5.73 Å². The van der Waals surface area contributed by atoms with Gasteiger partial charge in [-0.25, -0.2) is 5.06 Å². The van der Waals surface area contributed by atoms with Gasteiger partial charge in [-0.3, -0.25) is 14.4 Å². The average molecular weight is 555 g/mol. The number of rotatable bonds is 2. The topological polar surface area (TPSA) is 72.6 Å². The highest BCUT2D eigenvalue weighted by Crippen LogP contribution is 2.75. The quantitative estimate of drug-likeness (QED) is 0.359. The molecule has 5 heteroatoms. The van der Waals surface area contributed by atoms with Gasteiger partial charge in [0.15, 0.2) is 5.78 Å². The van der Waals surface area contributed by atoms with E-state index in [0.717, 1.165) is 57.8 Å². The highest BCUT2D eigenvalue weighted by Gasteiger charge is 2.70. The maximum Gasteiger partial charge on any atom is 0.251 e. The van der Waals surface area contributed by atoms with Crippen LogP contribution in [0.2, 0.25) is 0 Å². The van der Waals surface area contributed by atoms with Crippen molar-refractivity contribution < 1.29 is 14.4 Å². The zero-order valence-electron chi connectivity index (χ0n) is 27.5. The Morgan fingerprint density at radius 3 is 2.20 bits per heavy atom. The molecule has 5 aliphatic carbocycles. The number of hydrogen-bond acceptors (Lipinski definition) is 4. The fraction of sp³-hybridized carbons (Fsp3) is 0.886. The molecule has 4 saturated carbocycles. The van der Waals surface area contributed by atoms with E-state index in [2.05, 4.69) is 54.5 Å². The SMILES string of the molecule is CN(OC(C)(C)C)C(=O)[C@@]1(C)CC[C@]2(C)CC[C@]3(C)C(=CC(=O)[C@@H]4[C@@]5(C)CC[C@H](N)C(C)(C)C5CC[C@]43C)[C@@H]2C1. The Morgan fingerprint density at radius 1 is 0.950 bits per heavy atom. The summed E-state index contributed by atoms with van der Waals surface area (Å²) in [5.74, 6) is 1.15. The number of carbonyl (C=O) groups is 2. The van der Waals surface area contributed by atoms with Crippen LogP contribution in [0.3, 0.4) is 0 Å². The van der Waals surface area contributed by atoms with Crippen LogP contribution in [0.5, 0.6) is 0 Å². The predicted octanol–water partition coefficient (Wildman–Crippen LogP) is 7.48. The molecular formula is C35H58N2O3. The van der Waals surface area contributed by atoms with Gasteiger partial charge >= 0.3 is 0 Å². The molecule has 0 aromatic rings. The fourth-order valence-corrected chi connectivity index (χ4v) is 11.2. The van der Waals surface area contributed by atoms with Gasteiger partial charge in [0, 0.05) is 24.4 Å². The number of carbonyl (C=O) groups excluding carboxylic acids is 2. The summed E-state index contributed by atoms with van der Waals surface area (Å²) in [7, 11) is 1.77. The number of allylic oxidation sites excluding steroid dienone is 2. The lowest BCUT2D eigenvalue weighted by Crippen LogP contribution is -2.67. The first kappa shape index (κ1) is 30.3. The second-order valence-electron chi connectivity index (χ2n) is 17.7. The fourth-order valence-electron chi connectivity index (χ4n) is 11.2. The molecule has 2 N–H and O–H groups in total. The third-order valence-corrected chi connectivity index (χ3v) is 13.9. The minimum atomic E-state index is -0.503. The average Bonchev–Trinajstić information content (AvgIpc) is 2.82. The van der Waals surface area contributed by atoms with Crippen LogP contribution in [0.4, 0.5) is 0 Å². The summed E-state index contributed by atoms with van der Waals surface area (Å²) in [5.41, 5.74) is 7.14. The van der Waals surface area contributed by atoms with Gasteiger partial charge in [0.1, 0.15) is 0 Å². The van der Waals surface area contributed by atoms with Crippen molar-refractivity contribution in [1.29, 1.82) is 0 Å². The second kappa shape index (κ2) is 8.91. The van der Waals surface area contributed by atoms with Crippen molar-refractivity contribution >= 4 is 11.7 Å². The minimum Gasteiger partial charge on any atom is -0.327 e. The number of hydroxylamine groups is 2. The van der Waals surface area contributed by atoms with Crippen molar-refractivity contribution in [3.05, 3.63) is 11.6 Å². The van der Waals surface area contributed by atoms with Crippen molar-refractivity contribution in [1.82, 2.24) is 5.06 Å². The number of ketones is 1. The van der Waals surface area contributed by atoms with Crippen molar-refractivity contribution in [2.24, 2.45) is 56.0 Å². The first-order valence-corrected chi connectivity index (χ1v) is 16.1. The molecule has 4 fully saturated rings. The Kier molecular flexibility index (Phi) is 6.74. The van der Waals surface area contributed by atoms with Crippen molar-refractivity contribution in [2.75, 3.05) is 7.05 Å².